The number of hydrogen-bond acceptors (Lipinski definition) is 4. The molecular formula is C14H16N2O2S. The van der Waals surface area contributed by atoms with Crippen molar-refractivity contribution >= 4 is 26.4 Å². The third-order valence-electron chi connectivity index (χ3n) is 3.52. The van der Waals surface area contributed by atoms with E-state index in [0.29, 0.717) is 12.8 Å². The third-order valence-corrected chi connectivity index (χ3v) is 5.23. The second-order valence-corrected chi connectivity index (χ2v) is 7.29. The summed E-state index contributed by atoms with van der Waals surface area (Å²) in [6.07, 6.45) is 3.16. The average molecular weight is 276 g/mol. The van der Waals surface area contributed by atoms with Crippen molar-refractivity contribution in [1.29, 1.82) is 0 Å². The van der Waals surface area contributed by atoms with Crippen LogP contribution < -0.4 is 5.32 Å². The first-order valence-corrected chi connectivity index (χ1v) is 8.26. The minimum atomic E-state index is -2.80. The van der Waals surface area contributed by atoms with E-state index < -0.39 is 9.84 Å². The van der Waals surface area contributed by atoms with Gasteiger partial charge >= 0.3 is 0 Å². The summed E-state index contributed by atoms with van der Waals surface area (Å²) in [6, 6.07) is 10.2. The number of benzene rings is 1. The lowest BCUT2D eigenvalue weighted by atomic mass is 10.1. The molecule has 1 aromatic heterocycles. The van der Waals surface area contributed by atoms with E-state index in [9.17, 15) is 8.42 Å². The maximum atomic E-state index is 11.4. The molecule has 19 heavy (non-hydrogen) atoms. The fraction of sp³-hybridized carbons (Fsp3) is 0.357. The quantitative estimate of drug-likeness (QED) is 0.913. The van der Waals surface area contributed by atoms with Gasteiger partial charge in [0.05, 0.1) is 28.9 Å². The van der Waals surface area contributed by atoms with Crippen molar-refractivity contribution in [2.24, 2.45) is 0 Å². The number of aromatic nitrogens is 1. The minimum absolute atomic E-state index is 0.228. The lowest BCUT2D eigenvalue weighted by molar-refractivity contribution is 0.559. The molecule has 4 nitrogen and oxygen atoms in total. The standard InChI is InChI=1S/C14H16N2O2S/c17-19(18)7-5-12(6-8-19)16-13-9-11-3-1-2-4-14(11)15-10-13/h1-4,9-10,12,16H,5-8H2. The van der Waals surface area contributed by atoms with Gasteiger partial charge in [-0.05, 0) is 25.0 Å². The van der Waals surface area contributed by atoms with Gasteiger partial charge in [-0.1, -0.05) is 18.2 Å². The molecule has 0 radical (unpaired) electrons. The highest BCUT2D eigenvalue weighted by molar-refractivity contribution is 7.91. The molecule has 2 heterocycles. The molecule has 1 aliphatic rings. The second kappa shape index (κ2) is 4.81. The lowest BCUT2D eigenvalue weighted by Gasteiger charge is -2.24. The smallest absolute Gasteiger partial charge is 0.150 e. The van der Waals surface area contributed by atoms with Crippen molar-refractivity contribution in [2.45, 2.75) is 18.9 Å². The highest BCUT2D eigenvalue weighted by Crippen LogP contribution is 2.20. The van der Waals surface area contributed by atoms with E-state index in [1.165, 1.54) is 0 Å². The molecule has 1 aliphatic heterocycles. The number of nitrogens with one attached hydrogen (secondary N) is 1. The number of sulfone groups is 1. The summed E-state index contributed by atoms with van der Waals surface area (Å²) >= 11 is 0. The van der Waals surface area contributed by atoms with Gasteiger partial charge in [-0.15, -0.1) is 0 Å². The Balaban J connectivity index is 1.75. The van der Waals surface area contributed by atoms with Gasteiger partial charge in [0.15, 0.2) is 0 Å². The number of para-hydroxylation sites is 1. The summed E-state index contributed by atoms with van der Waals surface area (Å²) in [6.45, 7) is 0. The van der Waals surface area contributed by atoms with Crippen LogP contribution in [-0.4, -0.2) is 30.9 Å². The van der Waals surface area contributed by atoms with Crippen LogP contribution in [0.3, 0.4) is 0 Å². The number of fused-ring (bicyclic) bond motifs is 1. The molecule has 100 valence electrons. The van der Waals surface area contributed by atoms with Crippen LogP contribution in [-0.2, 0) is 9.84 Å². The van der Waals surface area contributed by atoms with E-state index >= 15 is 0 Å². The molecule has 2 aromatic rings. The Hall–Kier alpha value is -1.62. The van der Waals surface area contributed by atoms with Crippen LogP contribution in [0.4, 0.5) is 5.69 Å². The van der Waals surface area contributed by atoms with Crippen molar-refractivity contribution in [3.05, 3.63) is 36.5 Å². The van der Waals surface area contributed by atoms with E-state index in [1.54, 1.807) is 0 Å². The van der Waals surface area contributed by atoms with Crippen LogP contribution in [0.2, 0.25) is 0 Å². The van der Waals surface area contributed by atoms with Gasteiger partial charge in [0, 0.05) is 11.4 Å². The van der Waals surface area contributed by atoms with Crippen LogP contribution in [0.5, 0.6) is 0 Å². The second-order valence-electron chi connectivity index (χ2n) is 4.99. The van der Waals surface area contributed by atoms with Crippen LogP contribution in [0.25, 0.3) is 10.9 Å². The van der Waals surface area contributed by atoms with Gasteiger partial charge in [-0.25, -0.2) is 8.42 Å². The normalized spacial score (nSPS) is 19.4. The molecular weight excluding hydrogens is 260 g/mol. The summed E-state index contributed by atoms with van der Waals surface area (Å²) in [5, 5.41) is 4.48. The summed E-state index contributed by atoms with van der Waals surface area (Å²) < 4.78 is 22.8. The molecule has 0 amide bonds. The maximum Gasteiger partial charge on any atom is 0.150 e. The van der Waals surface area contributed by atoms with Crippen LogP contribution in [0.15, 0.2) is 36.5 Å². The Labute approximate surface area is 112 Å². The fourth-order valence-corrected chi connectivity index (χ4v) is 3.91. The Morgan fingerprint density at radius 3 is 2.68 bits per heavy atom. The SMILES string of the molecule is O=S1(=O)CCC(Nc2cnc3ccccc3c2)CC1. The maximum absolute atomic E-state index is 11.4. The van der Waals surface area contributed by atoms with Crippen molar-refractivity contribution < 1.29 is 8.42 Å². The molecule has 1 saturated heterocycles. The van der Waals surface area contributed by atoms with Crippen molar-refractivity contribution in [3.63, 3.8) is 0 Å². The molecule has 0 bridgehead atoms. The zero-order valence-corrected chi connectivity index (χ0v) is 11.4. The van der Waals surface area contributed by atoms with Crippen LogP contribution in [0, 0.1) is 0 Å². The van der Waals surface area contributed by atoms with E-state index in [1.807, 2.05) is 30.5 Å². The number of hydrogen-bond donors (Lipinski definition) is 1. The molecule has 0 atom stereocenters. The van der Waals surface area contributed by atoms with E-state index in [2.05, 4.69) is 16.4 Å². The molecule has 1 fully saturated rings. The summed E-state index contributed by atoms with van der Waals surface area (Å²) in [5.74, 6) is 0.567. The van der Waals surface area contributed by atoms with Crippen molar-refractivity contribution in [1.82, 2.24) is 4.98 Å². The molecule has 0 saturated carbocycles. The first kappa shape index (κ1) is 12.4. The van der Waals surface area contributed by atoms with E-state index in [-0.39, 0.29) is 17.5 Å². The van der Waals surface area contributed by atoms with E-state index in [0.717, 1.165) is 16.6 Å². The molecule has 1 N–H and O–H groups in total. The first-order valence-electron chi connectivity index (χ1n) is 6.44. The van der Waals surface area contributed by atoms with Gasteiger partial charge in [0.2, 0.25) is 0 Å². The van der Waals surface area contributed by atoms with Crippen molar-refractivity contribution in [3.8, 4) is 0 Å². The number of anilines is 1. The number of pyridine rings is 1. The van der Waals surface area contributed by atoms with Gasteiger partial charge in [0.1, 0.15) is 9.84 Å². The van der Waals surface area contributed by atoms with Crippen molar-refractivity contribution in [2.75, 3.05) is 16.8 Å². The molecule has 5 heteroatoms. The summed E-state index contributed by atoms with van der Waals surface area (Å²) in [5.41, 5.74) is 1.93. The topological polar surface area (TPSA) is 59.1 Å². The number of rotatable bonds is 2. The Bertz CT molecular complexity index is 683. The Morgan fingerprint density at radius 1 is 1.16 bits per heavy atom. The third kappa shape index (κ3) is 2.87. The van der Waals surface area contributed by atoms with Gasteiger partial charge in [0.25, 0.3) is 0 Å². The zero-order valence-electron chi connectivity index (χ0n) is 10.5. The molecule has 0 unspecified atom stereocenters. The summed E-state index contributed by atoms with van der Waals surface area (Å²) in [7, 11) is -2.80. The molecule has 3 rings (SSSR count). The molecule has 0 aliphatic carbocycles. The Morgan fingerprint density at radius 2 is 1.89 bits per heavy atom. The minimum Gasteiger partial charge on any atom is -0.381 e. The van der Waals surface area contributed by atoms with Crippen LogP contribution >= 0.6 is 0 Å². The summed E-state index contributed by atoms with van der Waals surface area (Å²) in [4.78, 5) is 4.39. The predicted molar refractivity (Wildman–Crippen MR) is 77.0 cm³/mol. The van der Waals surface area contributed by atoms with Crippen LogP contribution in [0.1, 0.15) is 12.8 Å². The first-order chi connectivity index (χ1) is 9.12. The predicted octanol–water partition coefficient (Wildman–Crippen LogP) is 2.22. The fourth-order valence-electron chi connectivity index (χ4n) is 2.42. The molecule has 1 aromatic carbocycles. The van der Waals surface area contributed by atoms with Gasteiger partial charge < -0.3 is 5.32 Å². The Kier molecular flexibility index (Phi) is 3.14. The van der Waals surface area contributed by atoms with Gasteiger partial charge in [-0.3, -0.25) is 4.98 Å². The molecule has 0 spiro atoms. The highest BCUT2D eigenvalue weighted by Gasteiger charge is 2.23. The average Bonchev–Trinajstić information content (AvgIpc) is 2.41. The van der Waals surface area contributed by atoms with E-state index in [4.69, 9.17) is 0 Å². The largest absolute Gasteiger partial charge is 0.381 e. The van der Waals surface area contributed by atoms with Gasteiger partial charge in [-0.2, -0.15) is 0 Å². The zero-order chi connectivity index (χ0) is 13.3. The number of nitrogens with zero attached hydrogens (tertiary/aromatic N) is 1. The lowest BCUT2D eigenvalue weighted by Crippen LogP contribution is -2.32. The highest BCUT2D eigenvalue weighted by atomic mass is 32.2. The monoisotopic (exact) mass is 276 g/mol.